The fraction of sp³-hybridized carbons (Fsp3) is 0.235. The number of anilines is 1. The van der Waals surface area contributed by atoms with Crippen molar-refractivity contribution < 1.29 is 17.9 Å². The summed E-state index contributed by atoms with van der Waals surface area (Å²) in [6.07, 6.45) is 0. The monoisotopic (exact) mass is 426 g/mol. The predicted octanol–water partition coefficient (Wildman–Crippen LogP) is 3.24. The van der Waals surface area contributed by atoms with E-state index in [2.05, 4.69) is 21.2 Å². The van der Waals surface area contributed by atoms with Crippen molar-refractivity contribution in [1.82, 2.24) is 4.31 Å². The average molecular weight is 427 g/mol. The smallest absolute Gasteiger partial charge is 0.243 e. The molecule has 0 saturated heterocycles. The molecule has 0 bridgehead atoms. The SMILES string of the molecule is COc1ccc(Br)cc1CN(C)S(=O)(=O)c1ccc(NC(C)=O)cc1. The molecule has 0 heterocycles. The minimum Gasteiger partial charge on any atom is -0.496 e. The van der Waals surface area contributed by atoms with Gasteiger partial charge in [-0.25, -0.2) is 8.42 Å². The third kappa shape index (κ3) is 4.81. The number of carbonyl (C=O) groups is 1. The fourth-order valence-corrected chi connectivity index (χ4v) is 3.85. The summed E-state index contributed by atoms with van der Waals surface area (Å²) in [6.45, 7) is 1.56. The van der Waals surface area contributed by atoms with Crippen molar-refractivity contribution in [3.8, 4) is 5.75 Å². The van der Waals surface area contributed by atoms with E-state index < -0.39 is 10.0 Å². The molecule has 0 unspecified atom stereocenters. The number of ether oxygens (including phenoxy) is 1. The van der Waals surface area contributed by atoms with Crippen LogP contribution in [0.2, 0.25) is 0 Å². The second-order valence-electron chi connectivity index (χ2n) is 5.42. The van der Waals surface area contributed by atoms with Gasteiger partial charge in [-0.15, -0.1) is 0 Å². The number of benzene rings is 2. The van der Waals surface area contributed by atoms with Gasteiger partial charge in [0, 0.05) is 36.2 Å². The van der Waals surface area contributed by atoms with Crippen LogP contribution in [0.15, 0.2) is 51.8 Å². The van der Waals surface area contributed by atoms with Crippen LogP contribution in [0.3, 0.4) is 0 Å². The van der Waals surface area contributed by atoms with E-state index in [0.29, 0.717) is 11.4 Å². The molecule has 2 aromatic carbocycles. The summed E-state index contributed by atoms with van der Waals surface area (Å²) in [5.74, 6) is 0.403. The first-order chi connectivity index (χ1) is 11.7. The molecular formula is C17H19BrN2O4S. The first-order valence-corrected chi connectivity index (χ1v) is 9.63. The quantitative estimate of drug-likeness (QED) is 0.768. The van der Waals surface area contributed by atoms with Gasteiger partial charge in [0.25, 0.3) is 0 Å². The highest BCUT2D eigenvalue weighted by atomic mass is 79.9. The van der Waals surface area contributed by atoms with Crippen LogP contribution >= 0.6 is 15.9 Å². The predicted molar refractivity (Wildman–Crippen MR) is 100 cm³/mol. The molecule has 0 aliphatic heterocycles. The lowest BCUT2D eigenvalue weighted by atomic mass is 10.2. The van der Waals surface area contributed by atoms with Crippen molar-refractivity contribution in [1.29, 1.82) is 0 Å². The Morgan fingerprint density at radius 1 is 1.20 bits per heavy atom. The zero-order chi connectivity index (χ0) is 18.6. The van der Waals surface area contributed by atoms with Crippen LogP contribution in [0.1, 0.15) is 12.5 Å². The van der Waals surface area contributed by atoms with E-state index >= 15 is 0 Å². The molecule has 0 saturated carbocycles. The Hall–Kier alpha value is -1.90. The maximum absolute atomic E-state index is 12.7. The minimum absolute atomic E-state index is 0.151. The number of hydrogen-bond donors (Lipinski definition) is 1. The molecule has 0 fully saturated rings. The molecule has 134 valence electrons. The van der Waals surface area contributed by atoms with Crippen molar-refractivity contribution in [3.63, 3.8) is 0 Å². The highest BCUT2D eigenvalue weighted by molar-refractivity contribution is 9.10. The van der Waals surface area contributed by atoms with E-state index in [-0.39, 0.29) is 17.3 Å². The molecule has 0 aromatic heterocycles. The van der Waals surface area contributed by atoms with Gasteiger partial charge >= 0.3 is 0 Å². The summed E-state index contributed by atoms with van der Waals surface area (Å²) >= 11 is 3.38. The topological polar surface area (TPSA) is 75.7 Å². The highest BCUT2D eigenvalue weighted by Gasteiger charge is 2.22. The average Bonchev–Trinajstić information content (AvgIpc) is 2.55. The number of nitrogens with one attached hydrogen (secondary N) is 1. The molecule has 0 aliphatic carbocycles. The lowest BCUT2D eigenvalue weighted by Gasteiger charge is -2.19. The van der Waals surface area contributed by atoms with E-state index in [1.165, 1.54) is 30.4 Å². The summed E-state index contributed by atoms with van der Waals surface area (Å²) in [5, 5.41) is 2.60. The number of carbonyl (C=O) groups excluding carboxylic acids is 1. The third-order valence-electron chi connectivity index (χ3n) is 3.52. The van der Waals surface area contributed by atoms with Crippen molar-refractivity contribution in [2.75, 3.05) is 19.5 Å². The maximum atomic E-state index is 12.7. The zero-order valence-electron chi connectivity index (χ0n) is 14.1. The highest BCUT2D eigenvalue weighted by Crippen LogP contribution is 2.26. The van der Waals surface area contributed by atoms with Gasteiger partial charge in [-0.05, 0) is 42.5 Å². The second kappa shape index (κ2) is 7.99. The Bertz CT molecular complexity index is 867. The minimum atomic E-state index is -3.67. The van der Waals surface area contributed by atoms with Gasteiger partial charge in [-0.1, -0.05) is 15.9 Å². The Morgan fingerprint density at radius 3 is 2.40 bits per heavy atom. The summed E-state index contributed by atoms with van der Waals surface area (Å²) in [5.41, 5.74) is 1.29. The summed E-state index contributed by atoms with van der Waals surface area (Å²) in [6, 6.07) is 11.5. The lowest BCUT2D eigenvalue weighted by molar-refractivity contribution is -0.114. The van der Waals surface area contributed by atoms with Crippen LogP contribution in [0, 0.1) is 0 Å². The molecule has 2 rings (SSSR count). The molecule has 25 heavy (non-hydrogen) atoms. The van der Waals surface area contributed by atoms with Crippen molar-refractivity contribution >= 4 is 37.5 Å². The maximum Gasteiger partial charge on any atom is 0.243 e. The van der Waals surface area contributed by atoms with Crippen LogP contribution < -0.4 is 10.1 Å². The second-order valence-corrected chi connectivity index (χ2v) is 8.38. The van der Waals surface area contributed by atoms with Crippen LogP contribution in [0.5, 0.6) is 5.75 Å². The number of amides is 1. The molecule has 0 aliphatic rings. The van der Waals surface area contributed by atoms with Crippen LogP contribution in [0.25, 0.3) is 0 Å². The van der Waals surface area contributed by atoms with Gasteiger partial charge in [-0.3, -0.25) is 4.79 Å². The summed E-state index contributed by atoms with van der Waals surface area (Å²) < 4.78 is 32.9. The van der Waals surface area contributed by atoms with E-state index in [1.807, 2.05) is 12.1 Å². The van der Waals surface area contributed by atoms with E-state index in [4.69, 9.17) is 4.74 Å². The van der Waals surface area contributed by atoms with Crippen LogP contribution in [0.4, 0.5) is 5.69 Å². The molecule has 2 aromatic rings. The molecule has 8 heteroatoms. The lowest BCUT2D eigenvalue weighted by Crippen LogP contribution is -2.26. The molecule has 0 radical (unpaired) electrons. The first kappa shape index (κ1) is 19.4. The van der Waals surface area contributed by atoms with Crippen LogP contribution in [-0.2, 0) is 21.4 Å². The Kier molecular flexibility index (Phi) is 6.21. The fourth-order valence-electron chi connectivity index (χ4n) is 2.29. The van der Waals surface area contributed by atoms with Gasteiger partial charge in [0.15, 0.2) is 0 Å². The van der Waals surface area contributed by atoms with Crippen molar-refractivity contribution in [3.05, 3.63) is 52.5 Å². The van der Waals surface area contributed by atoms with E-state index in [0.717, 1.165) is 10.0 Å². The van der Waals surface area contributed by atoms with Crippen molar-refractivity contribution in [2.45, 2.75) is 18.4 Å². The van der Waals surface area contributed by atoms with Gasteiger partial charge in [0.05, 0.1) is 12.0 Å². The third-order valence-corrected chi connectivity index (χ3v) is 5.83. The van der Waals surface area contributed by atoms with E-state index in [9.17, 15) is 13.2 Å². The standard InChI is InChI=1S/C17H19BrN2O4S/c1-12(21)19-15-5-7-16(8-6-15)25(22,23)20(2)11-13-10-14(18)4-9-17(13)24-3/h4-10H,11H2,1-3H3,(H,19,21). The number of methoxy groups -OCH3 is 1. The van der Waals surface area contributed by atoms with Gasteiger partial charge in [-0.2, -0.15) is 4.31 Å². The Balaban J connectivity index is 2.24. The number of sulfonamides is 1. The van der Waals surface area contributed by atoms with Crippen LogP contribution in [-0.4, -0.2) is 32.8 Å². The summed E-state index contributed by atoms with van der Waals surface area (Å²) in [4.78, 5) is 11.2. The normalized spacial score (nSPS) is 11.4. The van der Waals surface area contributed by atoms with Crippen molar-refractivity contribution in [2.24, 2.45) is 0 Å². The summed E-state index contributed by atoms with van der Waals surface area (Å²) in [7, 11) is -0.616. The Labute approximate surface area is 156 Å². The van der Waals surface area contributed by atoms with E-state index in [1.54, 1.807) is 25.3 Å². The number of rotatable bonds is 6. The molecule has 6 nitrogen and oxygen atoms in total. The van der Waals surface area contributed by atoms with Gasteiger partial charge in [0.2, 0.25) is 15.9 Å². The first-order valence-electron chi connectivity index (χ1n) is 7.40. The van der Waals surface area contributed by atoms with Gasteiger partial charge < -0.3 is 10.1 Å². The Morgan fingerprint density at radius 2 is 1.84 bits per heavy atom. The number of nitrogens with zero attached hydrogens (tertiary/aromatic N) is 1. The number of hydrogen-bond acceptors (Lipinski definition) is 4. The number of halogens is 1. The molecular weight excluding hydrogens is 408 g/mol. The zero-order valence-corrected chi connectivity index (χ0v) is 16.5. The molecule has 0 atom stereocenters. The van der Waals surface area contributed by atoms with Gasteiger partial charge in [0.1, 0.15) is 5.75 Å². The largest absolute Gasteiger partial charge is 0.496 e. The molecule has 1 N–H and O–H groups in total. The molecule has 1 amide bonds. The molecule has 0 spiro atoms.